The predicted octanol–water partition coefficient (Wildman–Crippen LogP) is 2.31. The molecule has 0 saturated heterocycles. The molecule has 0 fully saturated rings. The summed E-state index contributed by atoms with van der Waals surface area (Å²) in [5.41, 5.74) is 5.28. The number of nitrogens with one attached hydrogen (secondary N) is 1. The van der Waals surface area contributed by atoms with E-state index in [-0.39, 0.29) is 18.4 Å². The van der Waals surface area contributed by atoms with Gasteiger partial charge in [0.15, 0.2) is 0 Å². The Kier molecular flexibility index (Phi) is 5.35. The van der Waals surface area contributed by atoms with Crippen LogP contribution in [0.2, 0.25) is 0 Å². The number of carbonyl (C=O) groups excluding carboxylic acids is 1. The first-order valence-corrected chi connectivity index (χ1v) is 5.98. The molecular formula is C13H17F3N2O. The SMILES string of the molecule is CC(CCN)C(=O)NCc1ccc(C(F)(F)F)cc1. The minimum absolute atomic E-state index is 0.148. The second-order valence-electron chi connectivity index (χ2n) is 4.39. The third-order valence-corrected chi connectivity index (χ3v) is 2.80. The van der Waals surface area contributed by atoms with Crippen LogP contribution in [-0.2, 0) is 17.5 Å². The number of benzene rings is 1. The van der Waals surface area contributed by atoms with Gasteiger partial charge in [-0.25, -0.2) is 0 Å². The number of amides is 1. The average Bonchev–Trinajstić information content (AvgIpc) is 2.35. The summed E-state index contributed by atoms with van der Waals surface area (Å²) in [7, 11) is 0. The number of rotatable bonds is 5. The highest BCUT2D eigenvalue weighted by Gasteiger charge is 2.29. The van der Waals surface area contributed by atoms with Crippen molar-refractivity contribution in [2.24, 2.45) is 11.7 Å². The van der Waals surface area contributed by atoms with Crippen LogP contribution in [0.15, 0.2) is 24.3 Å². The molecule has 0 saturated carbocycles. The smallest absolute Gasteiger partial charge is 0.352 e. The van der Waals surface area contributed by atoms with E-state index in [0.29, 0.717) is 18.5 Å². The Morgan fingerprint density at radius 2 is 1.89 bits per heavy atom. The summed E-state index contributed by atoms with van der Waals surface area (Å²) in [5.74, 6) is -0.343. The molecule has 106 valence electrons. The topological polar surface area (TPSA) is 55.1 Å². The summed E-state index contributed by atoms with van der Waals surface area (Å²) >= 11 is 0. The van der Waals surface area contributed by atoms with Crippen molar-refractivity contribution < 1.29 is 18.0 Å². The molecule has 0 aliphatic heterocycles. The molecule has 0 radical (unpaired) electrons. The first-order chi connectivity index (χ1) is 8.84. The van der Waals surface area contributed by atoms with Crippen LogP contribution in [0, 0.1) is 5.92 Å². The fourth-order valence-electron chi connectivity index (χ4n) is 1.56. The highest BCUT2D eigenvalue weighted by Crippen LogP contribution is 2.29. The van der Waals surface area contributed by atoms with Crippen molar-refractivity contribution in [3.63, 3.8) is 0 Å². The summed E-state index contributed by atoms with van der Waals surface area (Å²) in [6.45, 7) is 2.40. The first-order valence-electron chi connectivity index (χ1n) is 5.98. The van der Waals surface area contributed by atoms with Gasteiger partial charge >= 0.3 is 6.18 Å². The van der Waals surface area contributed by atoms with E-state index in [1.54, 1.807) is 6.92 Å². The molecule has 0 aliphatic carbocycles. The summed E-state index contributed by atoms with van der Waals surface area (Å²) in [5, 5.41) is 2.67. The van der Waals surface area contributed by atoms with E-state index in [0.717, 1.165) is 12.1 Å². The quantitative estimate of drug-likeness (QED) is 0.865. The van der Waals surface area contributed by atoms with Gasteiger partial charge in [-0.2, -0.15) is 13.2 Å². The van der Waals surface area contributed by atoms with Crippen LogP contribution in [0.1, 0.15) is 24.5 Å². The third-order valence-electron chi connectivity index (χ3n) is 2.80. The lowest BCUT2D eigenvalue weighted by Gasteiger charge is -2.12. The zero-order chi connectivity index (χ0) is 14.5. The molecule has 6 heteroatoms. The Morgan fingerprint density at radius 1 is 1.32 bits per heavy atom. The Balaban J connectivity index is 2.53. The van der Waals surface area contributed by atoms with Gasteiger partial charge in [-0.3, -0.25) is 4.79 Å². The Bertz CT molecular complexity index is 415. The van der Waals surface area contributed by atoms with Crippen molar-refractivity contribution in [3.05, 3.63) is 35.4 Å². The highest BCUT2D eigenvalue weighted by atomic mass is 19.4. The molecule has 1 amide bonds. The Labute approximate surface area is 110 Å². The van der Waals surface area contributed by atoms with Gasteiger partial charge in [0.25, 0.3) is 0 Å². The van der Waals surface area contributed by atoms with Crippen molar-refractivity contribution >= 4 is 5.91 Å². The van der Waals surface area contributed by atoms with Crippen LogP contribution in [0.5, 0.6) is 0 Å². The second kappa shape index (κ2) is 6.56. The molecule has 1 aromatic carbocycles. The number of nitrogens with two attached hydrogens (primary N) is 1. The zero-order valence-corrected chi connectivity index (χ0v) is 10.6. The van der Waals surface area contributed by atoms with Crippen LogP contribution >= 0.6 is 0 Å². The van der Waals surface area contributed by atoms with Gasteiger partial charge in [-0.1, -0.05) is 19.1 Å². The lowest BCUT2D eigenvalue weighted by molar-refractivity contribution is -0.137. The number of alkyl halides is 3. The fraction of sp³-hybridized carbons (Fsp3) is 0.462. The number of hydrogen-bond acceptors (Lipinski definition) is 2. The van der Waals surface area contributed by atoms with Crippen LogP contribution in [0.25, 0.3) is 0 Å². The van der Waals surface area contributed by atoms with E-state index in [4.69, 9.17) is 5.73 Å². The van der Waals surface area contributed by atoms with E-state index in [1.807, 2.05) is 0 Å². The molecule has 1 unspecified atom stereocenters. The van der Waals surface area contributed by atoms with Crippen LogP contribution < -0.4 is 11.1 Å². The second-order valence-corrected chi connectivity index (χ2v) is 4.39. The van der Waals surface area contributed by atoms with Crippen molar-refractivity contribution in [2.75, 3.05) is 6.54 Å². The van der Waals surface area contributed by atoms with E-state index < -0.39 is 11.7 Å². The summed E-state index contributed by atoms with van der Waals surface area (Å²) in [4.78, 5) is 11.6. The largest absolute Gasteiger partial charge is 0.416 e. The summed E-state index contributed by atoms with van der Waals surface area (Å²) < 4.78 is 37.0. The molecule has 1 atom stereocenters. The maximum absolute atomic E-state index is 12.3. The lowest BCUT2D eigenvalue weighted by Crippen LogP contribution is -2.29. The molecule has 0 aromatic heterocycles. The maximum atomic E-state index is 12.3. The Morgan fingerprint density at radius 3 is 2.37 bits per heavy atom. The van der Waals surface area contributed by atoms with Crippen LogP contribution in [0.4, 0.5) is 13.2 Å². The van der Waals surface area contributed by atoms with E-state index in [9.17, 15) is 18.0 Å². The predicted molar refractivity (Wildman–Crippen MR) is 66.1 cm³/mol. The van der Waals surface area contributed by atoms with Crippen molar-refractivity contribution in [2.45, 2.75) is 26.1 Å². The van der Waals surface area contributed by atoms with E-state index in [2.05, 4.69) is 5.32 Å². The average molecular weight is 274 g/mol. The summed E-state index contributed by atoms with van der Waals surface area (Å²) in [6, 6.07) is 4.73. The van der Waals surface area contributed by atoms with Gasteiger partial charge < -0.3 is 11.1 Å². The minimum atomic E-state index is -4.34. The van der Waals surface area contributed by atoms with Crippen molar-refractivity contribution in [1.29, 1.82) is 0 Å². The Hall–Kier alpha value is -1.56. The maximum Gasteiger partial charge on any atom is 0.416 e. The molecule has 19 heavy (non-hydrogen) atoms. The molecule has 0 heterocycles. The summed E-state index contributed by atoms with van der Waals surface area (Å²) in [6.07, 6.45) is -3.75. The number of carbonyl (C=O) groups is 1. The van der Waals surface area contributed by atoms with E-state index >= 15 is 0 Å². The minimum Gasteiger partial charge on any atom is -0.352 e. The number of halogens is 3. The van der Waals surface area contributed by atoms with Crippen LogP contribution in [0.3, 0.4) is 0 Å². The van der Waals surface area contributed by atoms with Crippen LogP contribution in [-0.4, -0.2) is 12.5 Å². The monoisotopic (exact) mass is 274 g/mol. The first kappa shape index (κ1) is 15.5. The standard InChI is InChI=1S/C13H17F3N2O/c1-9(6-7-17)12(19)18-8-10-2-4-11(5-3-10)13(14,15)16/h2-5,9H,6-8,17H2,1H3,(H,18,19). The molecule has 3 N–H and O–H groups in total. The van der Waals surface area contributed by atoms with Gasteiger partial charge in [0, 0.05) is 12.5 Å². The number of hydrogen-bond donors (Lipinski definition) is 2. The zero-order valence-electron chi connectivity index (χ0n) is 10.6. The highest BCUT2D eigenvalue weighted by molar-refractivity contribution is 5.78. The normalized spacial score (nSPS) is 13.1. The van der Waals surface area contributed by atoms with Crippen molar-refractivity contribution in [3.8, 4) is 0 Å². The molecular weight excluding hydrogens is 257 g/mol. The molecule has 0 bridgehead atoms. The van der Waals surface area contributed by atoms with Gasteiger partial charge in [0.1, 0.15) is 0 Å². The molecule has 1 rings (SSSR count). The lowest BCUT2D eigenvalue weighted by atomic mass is 10.1. The fourth-order valence-corrected chi connectivity index (χ4v) is 1.56. The van der Waals surface area contributed by atoms with Gasteiger partial charge in [-0.15, -0.1) is 0 Å². The third kappa shape index (κ3) is 4.90. The molecule has 3 nitrogen and oxygen atoms in total. The van der Waals surface area contributed by atoms with E-state index in [1.165, 1.54) is 12.1 Å². The van der Waals surface area contributed by atoms with Gasteiger partial charge in [0.05, 0.1) is 5.56 Å². The molecule has 0 aliphatic rings. The van der Waals surface area contributed by atoms with Gasteiger partial charge in [-0.05, 0) is 30.7 Å². The van der Waals surface area contributed by atoms with Crippen molar-refractivity contribution in [1.82, 2.24) is 5.32 Å². The van der Waals surface area contributed by atoms with Gasteiger partial charge in [0.2, 0.25) is 5.91 Å². The molecule has 0 spiro atoms. The molecule has 1 aromatic rings.